The van der Waals surface area contributed by atoms with Crippen LogP contribution in [0.15, 0.2) is 51.8 Å². The van der Waals surface area contributed by atoms with E-state index in [4.69, 9.17) is 9.47 Å². The Kier molecular flexibility index (Phi) is 7.73. The van der Waals surface area contributed by atoms with Crippen LogP contribution in [0, 0.1) is 0 Å². The number of carbonyl (C=O) groups is 2. The third-order valence-electron chi connectivity index (χ3n) is 3.96. The zero-order valence-corrected chi connectivity index (χ0v) is 17.8. The first-order chi connectivity index (χ1) is 13.3. The molecule has 0 bridgehead atoms. The molecule has 28 heavy (non-hydrogen) atoms. The SMILES string of the molecule is CNS(=O)(=O)c1ccc(CCC(=O)OCC(=O)c2ccc(OC)c(Br)c2)cc1. The number of methoxy groups -OCH3 is 1. The summed E-state index contributed by atoms with van der Waals surface area (Å²) >= 11 is 3.30. The summed E-state index contributed by atoms with van der Waals surface area (Å²) in [6.45, 7) is -0.350. The average molecular weight is 470 g/mol. The fourth-order valence-corrected chi connectivity index (χ4v) is 3.61. The Balaban J connectivity index is 1.84. The molecule has 0 saturated heterocycles. The van der Waals surface area contributed by atoms with Gasteiger partial charge in [-0.3, -0.25) is 9.59 Å². The third kappa shape index (κ3) is 5.88. The number of halogens is 1. The lowest BCUT2D eigenvalue weighted by molar-refractivity contribution is -0.142. The zero-order chi connectivity index (χ0) is 20.7. The van der Waals surface area contributed by atoms with E-state index in [1.807, 2.05) is 0 Å². The molecule has 0 heterocycles. The molecule has 0 fully saturated rings. The first-order valence-electron chi connectivity index (χ1n) is 8.31. The van der Waals surface area contributed by atoms with Crippen LogP contribution in [0.5, 0.6) is 5.75 Å². The molecule has 0 aromatic heterocycles. The van der Waals surface area contributed by atoms with Crippen LogP contribution in [0.3, 0.4) is 0 Å². The van der Waals surface area contributed by atoms with E-state index in [0.29, 0.717) is 22.2 Å². The quantitative estimate of drug-likeness (QED) is 0.447. The molecule has 9 heteroatoms. The number of aryl methyl sites for hydroxylation is 1. The number of hydrogen-bond acceptors (Lipinski definition) is 6. The summed E-state index contributed by atoms with van der Waals surface area (Å²) in [6.07, 6.45) is 0.457. The first-order valence-corrected chi connectivity index (χ1v) is 10.6. The molecule has 0 atom stereocenters. The van der Waals surface area contributed by atoms with Crippen LogP contribution in [0.1, 0.15) is 22.3 Å². The standard InChI is InChI=1S/C19H20BrNO6S/c1-21-28(24,25)15-7-3-13(4-8-15)5-10-19(23)27-12-17(22)14-6-9-18(26-2)16(20)11-14/h3-4,6-9,11,21H,5,10,12H2,1-2H3. The van der Waals surface area contributed by atoms with Gasteiger partial charge in [0.15, 0.2) is 12.4 Å². The summed E-state index contributed by atoms with van der Waals surface area (Å²) in [4.78, 5) is 24.2. The van der Waals surface area contributed by atoms with Crippen LogP contribution in [0.25, 0.3) is 0 Å². The maximum Gasteiger partial charge on any atom is 0.306 e. The Morgan fingerprint density at radius 2 is 1.79 bits per heavy atom. The number of hydrogen-bond donors (Lipinski definition) is 1. The van der Waals surface area contributed by atoms with Gasteiger partial charge in [-0.1, -0.05) is 12.1 Å². The number of Topliss-reactive ketones (excluding diaryl/α,β-unsaturated/α-hetero) is 1. The van der Waals surface area contributed by atoms with Gasteiger partial charge >= 0.3 is 5.97 Å². The molecule has 0 unspecified atom stereocenters. The summed E-state index contributed by atoms with van der Waals surface area (Å²) in [7, 11) is -0.626. The van der Waals surface area contributed by atoms with E-state index in [0.717, 1.165) is 5.56 Å². The number of ether oxygens (including phenoxy) is 2. The molecule has 0 spiro atoms. The van der Waals surface area contributed by atoms with Gasteiger partial charge in [0.25, 0.3) is 0 Å². The Morgan fingerprint density at radius 1 is 1.11 bits per heavy atom. The molecule has 0 aliphatic rings. The second-order valence-electron chi connectivity index (χ2n) is 5.78. The molecular formula is C19H20BrNO6S. The van der Waals surface area contributed by atoms with Crippen molar-refractivity contribution in [2.75, 3.05) is 20.8 Å². The van der Waals surface area contributed by atoms with Crippen molar-refractivity contribution in [2.45, 2.75) is 17.7 Å². The normalized spacial score (nSPS) is 11.1. The van der Waals surface area contributed by atoms with E-state index >= 15 is 0 Å². The smallest absolute Gasteiger partial charge is 0.306 e. The lowest BCUT2D eigenvalue weighted by Gasteiger charge is -2.07. The van der Waals surface area contributed by atoms with Crippen molar-refractivity contribution < 1.29 is 27.5 Å². The number of benzene rings is 2. The van der Waals surface area contributed by atoms with Crippen molar-refractivity contribution in [3.63, 3.8) is 0 Å². The molecule has 2 rings (SSSR count). The van der Waals surface area contributed by atoms with Gasteiger partial charge in [0, 0.05) is 12.0 Å². The van der Waals surface area contributed by atoms with Crippen molar-refractivity contribution in [1.29, 1.82) is 0 Å². The summed E-state index contributed by atoms with van der Waals surface area (Å²) in [5.41, 5.74) is 1.19. The predicted octanol–water partition coefficient (Wildman–Crippen LogP) is 2.72. The minimum atomic E-state index is -3.49. The largest absolute Gasteiger partial charge is 0.496 e. The summed E-state index contributed by atoms with van der Waals surface area (Å²) in [5.74, 6) is -0.228. The number of carbonyl (C=O) groups excluding carboxylic acids is 2. The molecule has 7 nitrogen and oxygen atoms in total. The highest BCUT2D eigenvalue weighted by molar-refractivity contribution is 9.10. The Bertz CT molecular complexity index is 957. The molecule has 0 radical (unpaired) electrons. The van der Waals surface area contributed by atoms with Crippen LogP contribution < -0.4 is 9.46 Å². The fraction of sp³-hybridized carbons (Fsp3) is 0.263. The number of esters is 1. The van der Waals surface area contributed by atoms with Gasteiger partial charge in [0.2, 0.25) is 10.0 Å². The van der Waals surface area contributed by atoms with Crippen molar-refractivity contribution >= 4 is 37.7 Å². The molecule has 0 saturated carbocycles. The van der Waals surface area contributed by atoms with Crippen LogP contribution in [0.2, 0.25) is 0 Å². The lowest BCUT2D eigenvalue weighted by Crippen LogP contribution is -2.18. The van der Waals surface area contributed by atoms with Crippen molar-refractivity contribution in [1.82, 2.24) is 4.72 Å². The van der Waals surface area contributed by atoms with Gasteiger partial charge in [-0.05, 0) is 65.3 Å². The minimum absolute atomic E-state index is 0.0811. The Labute approximate surface area is 172 Å². The summed E-state index contributed by atoms with van der Waals surface area (Å²) < 4.78 is 36.4. The average Bonchev–Trinajstić information content (AvgIpc) is 2.70. The second kappa shape index (κ2) is 9.81. The highest BCUT2D eigenvalue weighted by Gasteiger charge is 2.13. The number of ketones is 1. The molecular weight excluding hydrogens is 450 g/mol. The molecule has 0 amide bonds. The summed E-state index contributed by atoms with van der Waals surface area (Å²) in [5, 5.41) is 0. The third-order valence-corrected chi connectivity index (χ3v) is 6.01. The van der Waals surface area contributed by atoms with Gasteiger partial charge in [-0.15, -0.1) is 0 Å². The van der Waals surface area contributed by atoms with E-state index in [-0.39, 0.29) is 23.7 Å². The van der Waals surface area contributed by atoms with Crippen molar-refractivity contribution in [3.8, 4) is 5.75 Å². The van der Waals surface area contributed by atoms with Crippen LogP contribution in [-0.2, 0) is 26.0 Å². The number of rotatable bonds is 9. The van der Waals surface area contributed by atoms with E-state index < -0.39 is 16.0 Å². The molecule has 2 aromatic carbocycles. The van der Waals surface area contributed by atoms with Crippen LogP contribution in [-0.4, -0.2) is 40.9 Å². The van der Waals surface area contributed by atoms with E-state index in [1.54, 1.807) is 30.3 Å². The highest BCUT2D eigenvalue weighted by atomic mass is 79.9. The summed E-state index contributed by atoms with van der Waals surface area (Å²) in [6, 6.07) is 11.1. The van der Waals surface area contributed by atoms with Crippen molar-refractivity contribution in [2.24, 2.45) is 0 Å². The number of nitrogens with one attached hydrogen (secondary N) is 1. The molecule has 2 aromatic rings. The van der Waals surface area contributed by atoms with Gasteiger partial charge in [0.1, 0.15) is 5.75 Å². The van der Waals surface area contributed by atoms with Gasteiger partial charge in [0.05, 0.1) is 16.5 Å². The highest BCUT2D eigenvalue weighted by Crippen LogP contribution is 2.25. The van der Waals surface area contributed by atoms with Crippen LogP contribution >= 0.6 is 15.9 Å². The van der Waals surface area contributed by atoms with E-state index in [9.17, 15) is 18.0 Å². The zero-order valence-electron chi connectivity index (χ0n) is 15.4. The maximum atomic E-state index is 12.1. The van der Waals surface area contributed by atoms with E-state index in [2.05, 4.69) is 20.7 Å². The monoisotopic (exact) mass is 469 g/mol. The topological polar surface area (TPSA) is 98.8 Å². The lowest BCUT2D eigenvalue weighted by atomic mass is 10.1. The molecule has 150 valence electrons. The molecule has 0 aliphatic heterocycles. The Hall–Kier alpha value is -2.23. The fourth-order valence-electron chi connectivity index (χ4n) is 2.34. The minimum Gasteiger partial charge on any atom is -0.496 e. The molecule has 1 N–H and O–H groups in total. The van der Waals surface area contributed by atoms with Gasteiger partial charge < -0.3 is 9.47 Å². The Morgan fingerprint density at radius 3 is 2.36 bits per heavy atom. The van der Waals surface area contributed by atoms with Gasteiger partial charge in [-0.25, -0.2) is 13.1 Å². The van der Waals surface area contributed by atoms with Crippen molar-refractivity contribution in [3.05, 3.63) is 58.1 Å². The van der Waals surface area contributed by atoms with Gasteiger partial charge in [-0.2, -0.15) is 0 Å². The second-order valence-corrected chi connectivity index (χ2v) is 8.53. The first kappa shape index (κ1) is 22.1. The predicted molar refractivity (Wildman–Crippen MR) is 107 cm³/mol. The van der Waals surface area contributed by atoms with Crippen LogP contribution in [0.4, 0.5) is 0 Å². The molecule has 0 aliphatic carbocycles. The number of sulfonamides is 1. The maximum absolute atomic E-state index is 12.1. The van der Waals surface area contributed by atoms with E-state index in [1.165, 1.54) is 26.3 Å².